The molecule has 2 heterocycles. The van der Waals surface area contributed by atoms with Crippen LogP contribution in [0.3, 0.4) is 0 Å². The van der Waals surface area contributed by atoms with Crippen molar-refractivity contribution in [2.45, 2.75) is 13.3 Å². The Kier molecular flexibility index (Phi) is 4.80. The highest BCUT2D eigenvalue weighted by Crippen LogP contribution is 2.24. The number of thiazole rings is 1. The Morgan fingerprint density at radius 2 is 2.20 bits per heavy atom. The minimum Gasteiger partial charge on any atom is -0.325 e. The van der Waals surface area contributed by atoms with Crippen LogP contribution in [0.15, 0.2) is 48.1 Å². The fourth-order valence-electron chi connectivity index (χ4n) is 2.26. The van der Waals surface area contributed by atoms with Crippen LogP contribution in [0.2, 0.25) is 0 Å². The summed E-state index contributed by atoms with van der Waals surface area (Å²) in [6.07, 6.45) is 3.50. The molecule has 0 saturated heterocycles. The summed E-state index contributed by atoms with van der Waals surface area (Å²) < 4.78 is 0. The van der Waals surface area contributed by atoms with Gasteiger partial charge in [-0.25, -0.2) is 4.98 Å². The van der Waals surface area contributed by atoms with E-state index in [1.54, 1.807) is 31.5 Å². The van der Waals surface area contributed by atoms with E-state index >= 15 is 0 Å². The van der Waals surface area contributed by atoms with E-state index in [0.29, 0.717) is 16.9 Å². The van der Waals surface area contributed by atoms with Gasteiger partial charge in [-0.3, -0.25) is 19.9 Å². The molecule has 3 rings (SSSR count). The quantitative estimate of drug-likeness (QED) is 0.557. The number of pyridine rings is 1. The van der Waals surface area contributed by atoms with Crippen molar-refractivity contribution in [1.82, 2.24) is 9.97 Å². The zero-order valence-electron chi connectivity index (χ0n) is 13.3. The molecule has 126 valence electrons. The van der Waals surface area contributed by atoms with Gasteiger partial charge in [0, 0.05) is 40.7 Å². The summed E-state index contributed by atoms with van der Waals surface area (Å²) in [6.45, 7) is 1.65. The minimum atomic E-state index is -0.467. The van der Waals surface area contributed by atoms with Gasteiger partial charge in [0.25, 0.3) is 5.69 Å². The number of aryl methyl sites for hydroxylation is 1. The molecule has 0 atom stereocenters. The highest BCUT2D eigenvalue weighted by molar-refractivity contribution is 7.13. The van der Waals surface area contributed by atoms with Gasteiger partial charge < -0.3 is 5.32 Å². The number of benzene rings is 1. The first-order valence-electron chi connectivity index (χ1n) is 7.42. The van der Waals surface area contributed by atoms with Gasteiger partial charge >= 0.3 is 0 Å². The lowest BCUT2D eigenvalue weighted by atomic mass is 10.2. The van der Waals surface area contributed by atoms with E-state index < -0.39 is 4.92 Å². The molecule has 7 nitrogen and oxygen atoms in total. The molecule has 0 spiro atoms. The van der Waals surface area contributed by atoms with Gasteiger partial charge in [0.15, 0.2) is 0 Å². The third-order valence-corrected chi connectivity index (χ3v) is 4.43. The number of aromatic nitrogens is 2. The first-order valence-corrected chi connectivity index (χ1v) is 8.30. The molecule has 1 aromatic carbocycles. The summed E-state index contributed by atoms with van der Waals surface area (Å²) in [5.41, 5.74) is 2.45. The fraction of sp³-hybridized carbons (Fsp3) is 0.118. The van der Waals surface area contributed by atoms with Crippen molar-refractivity contribution in [3.8, 4) is 10.6 Å². The van der Waals surface area contributed by atoms with Gasteiger partial charge in [-0.15, -0.1) is 11.3 Å². The Hall–Kier alpha value is -3.13. The molecule has 3 aromatic rings. The molecule has 0 aliphatic heterocycles. The summed E-state index contributed by atoms with van der Waals surface area (Å²) >= 11 is 1.44. The number of hydrogen-bond donors (Lipinski definition) is 1. The maximum absolute atomic E-state index is 12.2. The predicted molar refractivity (Wildman–Crippen MR) is 95.5 cm³/mol. The van der Waals surface area contributed by atoms with Crippen LogP contribution in [0.5, 0.6) is 0 Å². The van der Waals surface area contributed by atoms with Crippen LogP contribution in [0.1, 0.15) is 11.3 Å². The van der Waals surface area contributed by atoms with Crippen molar-refractivity contribution in [2.24, 2.45) is 0 Å². The zero-order chi connectivity index (χ0) is 17.8. The second-order valence-corrected chi connectivity index (χ2v) is 6.23. The molecule has 0 aliphatic rings. The number of nitrogens with zero attached hydrogens (tertiary/aromatic N) is 3. The molecule has 8 heteroatoms. The van der Waals surface area contributed by atoms with Crippen LogP contribution in [-0.4, -0.2) is 20.8 Å². The normalized spacial score (nSPS) is 10.4. The Labute approximate surface area is 147 Å². The highest BCUT2D eigenvalue weighted by Gasteiger charge is 2.13. The summed E-state index contributed by atoms with van der Waals surface area (Å²) in [5.74, 6) is -0.277. The smallest absolute Gasteiger partial charge is 0.274 e. The van der Waals surface area contributed by atoms with Gasteiger partial charge in [0.2, 0.25) is 5.91 Å². The number of hydrogen-bond acceptors (Lipinski definition) is 6. The van der Waals surface area contributed by atoms with Crippen LogP contribution >= 0.6 is 11.3 Å². The Balaban J connectivity index is 1.68. The average Bonchev–Trinajstić information content (AvgIpc) is 3.05. The average molecular weight is 354 g/mol. The fourth-order valence-corrected chi connectivity index (χ4v) is 3.07. The summed E-state index contributed by atoms with van der Waals surface area (Å²) in [7, 11) is 0. The largest absolute Gasteiger partial charge is 0.325 e. The zero-order valence-corrected chi connectivity index (χ0v) is 14.1. The Bertz CT molecular complexity index is 925. The predicted octanol–water partition coefficient (Wildman–Crippen LogP) is 3.60. The SMILES string of the molecule is Cc1ccc(NC(=O)Cc2csc(-c3cccnc3)n2)cc1[N+](=O)[O-]. The second kappa shape index (κ2) is 7.18. The van der Waals surface area contributed by atoms with Crippen molar-refractivity contribution in [1.29, 1.82) is 0 Å². The lowest BCUT2D eigenvalue weighted by Crippen LogP contribution is -2.14. The minimum absolute atomic E-state index is 0.0228. The number of carbonyl (C=O) groups excluding carboxylic acids is 1. The number of nitro groups is 1. The van der Waals surface area contributed by atoms with E-state index in [9.17, 15) is 14.9 Å². The third-order valence-electron chi connectivity index (χ3n) is 3.49. The summed E-state index contributed by atoms with van der Waals surface area (Å²) in [6, 6.07) is 8.34. The Morgan fingerprint density at radius 3 is 2.92 bits per heavy atom. The van der Waals surface area contributed by atoms with E-state index in [-0.39, 0.29) is 18.0 Å². The van der Waals surface area contributed by atoms with Crippen LogP contribution in [0.25, 0.3) is 10.6 Å². The monoisotopic (exact) mass is 354 g/mol. The number of nitro benzene ring substituents is 1. The number of nitrogens with one attached hydrogen (secondary N) is 1. The summed E-state index contributed by atoms with van der Waals surface area (Å²) in [5, 5.41) is 16.3. The van der Waals surface area contributed by atoms with E-state index in [1.165, 1.54) is 17.4 Å². The van der Waals surface area contributed by atoms with Crippen LogP contribution in [-0.2, 0) is 11.2 Å². The van der Waals surface area contributed by atoms with Crippen molar-refractivity contribution in [3.05, 3.63) is 69.5 Å². The van der Waals surface area contributed by atoms with Gasteiger partial charge in [-0.1, -0.05) is 6.07 Å². The Morgan fingerprint density at radius 1 is 1.36 bits per heavy atom. The first-order chi connectivity index (χ1) is 12.0. The van der Waals surface area contributed by atoms with Crippen molar-refractivity contribution < 1.29 is 9.72 Å². The van der Waals surface area contributed by atoms with Crippen LogP contribution in [0.4, 0.5) is 11.4 Å². The molecule has 0 unspecified atom stereocenters. The molecule has 25 heavy (non-hydrogen) atoms. The molecule has 2 aromatic heterocycles. The van der Waals surface area contributed by atoms with Gasteiger partial charge in [0.1, 0.15) is 5.01 Å². The molecular weight excluding hydrogens is 340 g/mol. The van der Waals surface area contributed by atoms with E-state index in [2.05, 4.69) is 15.3 Å². The van der Waals surface area contributed by atoms with Gasteiger partial charge in [-0.2, -0.15) is 0 Å². The van der Waals surface area contributed by atoms with E-state index in [0.717, 1.165) is 10.6 Å². The lowest BCUT2D eigenvalue weighted by molar-refractivity contribution is -0.385. The highest BCUT2D eigenvalue weighted by atomic mass is 32.1. The summed E-state index contributed by atoms with van der Waals surface area (Å²) in [4.78, 5) is 31.1. The van der Waals surface area contributed by atoms with E-state index in [4.69, 9.17) is 0 Å². The number of carbonyl (C=O) groups is 1. The molecule has 1 N–H and O–H groups in total. The van der Waals surface area contributed by atoms with E-state index in [1.807, 2.05) is 17.5 Å². The van der Waals surface area contributed by atoms with Crippen molar-refractivity contribution in [2.75, 3.05) is 5.32 Å². The molecule has 1 amide bonds. The molecule has 0 saturated carbocycles. The topological polar surface area (TPSA) is 98.0 Å². The molecule has 0 bridgehead atoms. The molecule has 0 aliphatic carbocycles. The standard InChI is InChI=1S/C17H14N4O3S/c1-11-4-5-13(7-15(11)21(23)24)19-16(22)8-14-10-25-17(20-14)12-3-2-6-18-9-12/h2-7,9-10H,8H2,1H3,(H,19,22). The van der Waals surface area contributed by atoms with Crippen LogP contribution in [0, 0.1) is 17.0 Å². The molecular formula is C17H14N4O3S. The van der Waals surface area contributed by atoms with Crippen molar-refractivity contribution >= 4 is 28.6 Å². The second-order valence-electron chi connectivity index (χ2n) is 5.37. The van der Waals surface area contributed by atoms with Crippen molar-refractivity contribution in [3.63, 3.8) is 0 Å². The van der Waals surface area contributed by atoms with Crippen LogP contribution < -0.4 is 5.32 Å². The number of anilines is 1. The maximum Gasteiger partial charge on any atom is 0.274 e. The molecule has 0 fully saturated rings. The third kappa shape index (κ3) is 4.04. The lowest BCUT2D eigenvalue weighted by Gasteiger charge is -2.05. The van der Waals surface area contributed by atoms with Gasteiger partial charge in [-0.05, 0) is 25.1 Å². The number of amides is 1. The molecule has 0 radical (unpaired) electrons. The number of rotatable bonds is 5. The van der Waals surface area contributed by atoms with Gasteiger partial charge in [0.05, 0.1) is 17.0 Å². The maximum atomic E-state index is 12.2. The first kappa shape index (κ1) is 16.7.